The van der Waals surface area contributed by atoms with Gasteiger partial charge in [-0.05, 0) is 38.5 Å². The van der Waals surface area contributed by atoms with Gasteiger partial charge in [-0.1, -0.05) is 18.5 Å². The average molecular weight is 356 g/mol. The second-order valence-corrected chi connectivity index (χ2v) is 6.38. The first kappa shape index (κ1) is 18.5. The monoisotopic (exact) mass is 355 g/mol. The Morgan fingerprint density at radius 2 is 2.04 bits per heavy atom. The van der Waals surface area contributed by atoms with E-state index in [2.05, 4.69) is 0 Å². The third-order valence-corrected chi connectivity index (χ3v) is 3.70. The highest BCUT2D eigenvalue weighted by molar-refractivity contribution is 6.31. The Kier molecular flexibility index (Phi) is 6.07. The first-order chi connectivity index (χ1) is 11.3. The van der Waals surface area contributed by atoms with Crippen molar-refractivity contribution in [1.82, 2.24) is 0 Å². The zero-order chi connectivity index (χ0) is 17.7. The fourth-order valence-electron chi connectivity index (χ4n) is 2.33. The molecule has 7 heteroatoms. The first-order valence-corrected chi connectivity index (χ1v) is 8.27. The number of rotatable bonds is 7. The lowest BCUT2D eigenvalue weighted by Crippen LogP contribution is -2.54. The highest BCUT2D eigenvalue weighted by Crippen LogP contribution is 2.39. The zero-order valence-electron chi connectivity index (χ0n) is 14.1. The number of hydrogen-bond acceptors (Lipinski definition) is 5. The number of halogens is 1. The molecule has 1 aromatic carbocycles. The summed E-state index contributed by atoms with van der Waals surface area (Å²) in [5.41, 5.74) is -0.600. The van der Waals surface area contributed by atoms with Crippen LogP contribution in [0.4, 0.5) is 5.69 Å². The Hall–Kier alpha value is -1.79. The number of ether oxygens (including phenoxy) is 3. The Labute approximate surface area is 146 Å². The molecule has 0 fully saturated rings. The van der Waals surface area contributed by atoms with Gasteiger partial charge in [-0.15, -0.1) is 0 Å². The van der Waals surface area contributed by atoms with Crippen molar-refractivity contribution in [2.75, 3.05) is 31.3 Å². The van der Waals surface area contributed by atoms with E-state index in [-0.39, 0.29) is 19.1 Å². The Morgan fingerprint density at radius 3 is 2.75 bits per heavy atom. The number of amides is 1. The van der Waals surface area contributed by atoms with E-state index in [1.54, 1.807) is 32.0 Å². The van der Waals surface area contributed by atoms with Crippen molar-refractivity contribution >= 4 is 29.2 Å². The first-order valence-electron chi connectivity index (χ1n) is 7.89. The maximum absolute atomic E-state index is 12.6. The van der Waals surface area contributed by atoms with E-state index in [1.807, 2.05) is 6.92 Å². The molecule has 1 aliphatic rings. The number of benzene rings is 1. The molecule has 0 radical (unpaired) electrons. The predicted molar refractivity (Wildman–Crippen MR) is 90.6 cm³/mol. The molecule has 1 amide bonds. The summed E-state index contributed by atoms with van der Waals surface area (Å²) in [5, 5.41) is 0.455. The predicted octanol–water partition coefficient (Wildman–Crippen LogP) is 2.81. The van der Waals surface area contributed by atoms with E-state index >= 15 is 0 Å². The highest BCUT2D eigenvalue weighted by atomic mass is 35.5. The molecule has 0 unspecified atom stereocenters. The molecule has 6 nitrogen and oxygen atoms in total. The van der Waals surface area contributed by atoms with Gasteiger partial charge in [0.1, 0.15) is 18.9 Å². The minimum absolute atomic E-state index is 0.156. The molecule has 0 aromatic heterocycles. The fraction of sp³-hybridized carbons (Fsp3) is 0.529. The summed E-state index contributed by atoms with van der Waals surface area (Å²) in [6.45, 7) is 6.23. The number of anilines is 1. The molecular weight excluding hydrogens is 334 g/mol. The molecular formula is C17H22ClNO5. The van der Waals surface area contributed by atoms with Gasteiger partial charge in [-0.25, -0.2) is 0 Å². The van der Waals surface area contributed by atoms with E-state index in [9.17, 15) is 9.59 Å². The van der Waals surface area contributed by atoms with Crippen LogP contribution in [0.5, 0.6) is 5.75 Å². The summed E-state index contributed by atoms with van der Waals surface area (Å²) < 4.78 is 16.1. The van der Waals surface area contributed by atoms with Crippen molar-refractivity contribution in [3.63, 3.8) is 0 Å². The fourth-order valence-corrected chi connectivity index (χ4v) is 2.50. The largest absolute Gasteiger partial charge is 0.476 e. The van der Waals surface area contributed by atoms with Crippen molar-refractivity contribution in [2.45, 2.75) is 32.8 Å². The van der Waals surface area contributed by atoms with Crippen LogP contribution in [0.25, 0.3) is 0 Å². The second-order valence-electron chi connectivity index (χ2n) is 5.95. The van der Waals surface area contributed by atoms with Gasteiger partial charge in [0, 0.05) is 11.6 Å². The van der Waals surface area contributed by atoms with Gasteiger partial charge in [0.15, 0.2) is 5.60 Å². The number of hydrogen-bond donors (Lipinski definition) is 0. The van der Waals surface area contributed by atoms with E-state index in [1.165, 1.54) is 4.90 Å². The molecule has 0 saturated heterocycles. The average Bonchev–Trinajstić information content (AvgIpc) is 2.52. The SMILES string of the molecule is CCCOCCOC(=O)CN1C(=O)C(C)(C)Oc2ccc(Cl)cc21. The Bertz CT molecular complexity index is 617. The number of carbonyl (C=O) groups excluding carboxylic acids is 2. The molecule has 2 rings (SSSR count). The third kappa shape index (κ3) is 4.39. The van der Waals surface area contributed by atoms with Crippen LogP contribution in [0.15, 0.2) is 18.2 Å². The van der Waals surface area contributed by atoms with E-state index in [0.717, 1.165) is 6.42 Å². The number of carbonyl (C=O) groups is 2. The van der Waals surface area contributed by atoms with Crippen LogP contribution in [0, 0.1) is 0 Å². The van der Waals surface area contributed by atoms with Crippen molar-refractivity contribution in [2.24, 2.45) is 0 Å². The van der Waals surface area contributed by atoms with Crippen LogP contribution in [-0.4, -0.2) is 43.8 Å². The Morgan fingerprint density at radius 1 is 1.29 bits per heavy atom. The number of esters is 1. The minimum Gasteiger partial charge on any atom is -0.476 e. The third-order valence-electron chi connectivity index (χ3n) is 3.46. The van der Waals surface area contributed by atoms with Gasteiger partial charge in [0.25, 0.3) is 5.91 Å². The maximum Gasteiger partial charge on any atom is 0.326 e. The van der Waals surface area contributed by atoms with Gasteiger partial charge >= 0.3 is 5.97 Å². The lowest BCUT2D eigenvalue weighted by Gasteiger charge is -2.38. The highest BCUT2D eigenvalue weighted by Gasteiger charge is 2.41. The van der Waals surface area contributed by atoms with E-state index in [0.29, 0.717) is 29.7 Å². The zero-order valence-corrected chi connectivity index (χ0v) is 14.9. The second kappa shape index (κ2) is 7.85. The normalized spacial score (nSPS) is 15.7. The van der Waals surface area contributed by atoms with Crippen LogP contribution in [-0.2, 0) is 19.1 Å². The lowest BCUT2D eigenvalue weighted by molar-refractivity contribution is -0.145. The standard InChI is InChI=1S/C17H22ClNO5/c1-4-7-22-8-9-23-15(20)11-19-13-10-12(18)5-6-14(13)24-17(2,3)16(19)21/h5-6,10H,4,7-9,11H2,1-3H3. The van der Waals surface area contributed by atoms with Gasteiger partial charge < -0.3 is 14.2 Å². The summed E-state index contributed by atoms with van der Waals surface area (Å²) in [4.78, 5) is 26.0. The van der Waals surface area contributed by atoms with Gasteiger partial charge in [0.2, 0.25) is 0 Å². The summed E-state index contributed by atoms with van der Waals surface area (Å²) >= 11 is 6.00. The van der Waals surface area contributed by atoms with Crippen LogP contribution in [0.1, 0.15) is 27.2 Å². The van der Waals surface area contributed by atoms with Crippen molar-refractivity contribution in [1.29, 1.82) is 0 Å². The van der Waals surface area contributed by atoms with Gasteiger partial charge in [-0.3, -0.25) is 14.5 Å². The molecule has 1 aromatic rings. The summed E-state index contributed by atoms with van der Waals surface area (Å²) in [7, 11) is 0. The van der Waals surface area contributed by atoms with Crippen LogP contribution >= 0.6 is 11.6 Å². The van der Waals surface area contributed by atoms with Gasteiger partial charge in [-0.2, -0.15) is 0 Å². The molecule has 0 aliphatic carbocycles. The van der Waals surface area contributed by atoms with Crippen molar-refractivity contribution in [3.8, 4) is 5.75 Å². The molecule has 24 heavy (non-hydrogen) atoms. The topological polar surface area (TPSA) is 65.1 Å². The molecule has 0 spiro atoms. The summed E-state index contributed by atoms with van der Waals surface area (Å²) in [6, 6.07) is 4.96. The Balaban J connectivity index is 2.06. The molecule has 132 valence electrons. The molecule has 1 aliphatic heterocycles. The van der Waals surface area contributed by atoms with Crippen LogP contribution in [0.2, 0.25) is 5.02 Å². The molecule has 0 N–H and O–H groups in total. The summed E-state index contributed by atoms with van der Waals surface area (Å²) in [6.07, 6.45) is 0.906. The quantitative estimate of drug-likeness (QED) is 0.556. The summed E-state index contributed by atoms with van der Waals surface area (Å²) in [5.74, 6) is -0.327. The van der Waals surface area contributed by atoms with Crippen molar-refractivity contribution in [3.05, 3.63) is 23.2 Å². The lowest BCUT2D eigenvalue weighted by atomic mass is 10.0. The van der Waals surface area contributed by atoms with E-state index < -0.39 is 11.6 Å². The number of fused-ring (bicyclic) bond motifs is 1. The molecule has 1 heterocycles. The smallest absolute Gasteiger partial charge is 0.326 e. The minimum atomic E-state index is -1.06. The maximum atomic E-state index is 12.6. The van der Waals surface area contributed by atoms with Crippen LogP contribution < -0.4 is 9.64 Å². The van der Waals surface area contributed by atoms with Crippen LogP contribution in [0.3, 0.4) is 0 Å². The van der Waals surface area contributed by atoms with Gasteiger partial charge in [0.05, 0.1) is 12.3 Å². The van der Waals surface area contributed by atoms with Crippen molar-refractivity contribution < 1.29 is 23.8 Å². The molecule has 0 saturated carbocycles. The number of nitrogens with zero attached hydrogens (tertiary/aromatic N) is 1. The molecule has 0 atom stereocenters. The van der Waals surface area contributed by atoms with E-state index in [4.69, 9.17) is 25.8 Å². The molecule has 0 bridgehead atoms.